The maximum atomic E-state index is 13.6. The number of carboxylic acid groups (broad SMARTS) is 2. The van der Waals surface area contributed by atoms with Gasteiger partial charge in [-0.25, -0.2) is 22.0 Å². The van der Waals surface area contributed by atoms with Gasteiger partial charge in [-0.05, 0) is 24.1 Å². The van der Waals surface area contributed by atoms with E-state index in [4.69, 9.17) is 9.84 Å². The van der Waals surface area contributed by atoms with Gasteiger partial charge < -0.3 is 14.9 Å². The zero-order valence-corrected chi connectivity index (χ0v) is 15.7. The number of ether oxygens (including phenoxy) is 1. The van der Waals surface area contributed by atoms with E-state index < -0.39 is 50.1 Å². The van der Waals surface area contributed by atoms with Gasteiger partial charge in [0, 0.05) is 6.61 Å². The minimum Gasteiger partial charge on any atom is -0.480 e. The number of carbonyl (C=O) groups is 2. The summed E-state index contributed by atoms with van der Waals surface area (Å²) in [7, 11) is -4.65. The van der Waals surface area contributed by atoms with E-state index in [-0.39, 0.29) is 25.7 Å². The highest BCUT2D eigenvalue weighted by Gasteiger charge is 2.28. The van der Waals surface area contributed by atoms with E-state index in [1.807, 2.05) is 10.8 Å². The second-order valence-corrected chi connectivity index (χ2v) is 7.62. The summed E-state index contributed by atoms with van der Waals surface area (Å²) in [5.41, 5.74) is -0.355. The van der Waals surface area contributed by atoms with Crippen molar-refractivity contribution in [1.29, 1.82) is 0 Å². The maximum Gasteiger partial charge on any atom is 0.338 e. The van der Waals surface area contributed by atoms with Crippen LogP contribution < -0.4 is 4.72 Å². The van der Waals surface area contributed by atoms with Crippen molar-refractivity contribution in [2.45, 2.75) is 24.0 Å². The average molecular weight is 429 g/mol. The van der Waals surface area contributed by atoms with Crippen LogP contribution in [0.15, 0.2) is 47.4 Å². The topological polar surface area (TPSA) is 130 Å². The Morgan fingerprint density at radius 3 is 2.34 bits per heavy atom. The van der Waals surface area contributed by atoms with Crippen molar-refractivity contribution < 1.29 is 41.7 Å². The summed E-state index contributed by atoms with van der Waals surface area (Å²) >= 11 is 0. The van der Waals surface area contributed by atoms with Crippen molar-refractivity contribution in [3.05, 3.63) is 65.2 Å². The summed E-state index contributed by atoms with van der Waals surface area (Å²) < 4.78 is 58.9. The van der Waals surface area contributed by atoms with E-state index in [1.54, 1.807) is 24.3 Å². The molecule has 0 fully saturated rings. The lowest BCUT2D eigenvalue weighted by Crippen LogP contribution is -2.41. The van der Waals surface area contributed by atoms with Crippen LogP contribution in [-0.4, -0.2) is 43.2 Å². The molecule has 1 atom stereocenters. The minimum atomic E-state index is -4.65. The Kier molecular flexibility index (Phi) is 7.37. The fourth-order valence-electron chi connectivity index (χ4n) is 2.33. The number of carboxylic acids is 2. The Labute approximate surface area is 164 Å². The van der Waals surface area contributed by atoms with Gasteiger partial charge in [-0.3, -0.25) is 4.79 Å². The number of nitrogens with one attached hydrogen (secondary N) is 1. The molecule has 0 radical (unpaired) electrons. The fraction of sp³-hybridized carbons (Fsp3) is 0.222. The van der Waals surface area contributed by atoms with Crippen LogP contribution >= 0.6 is 0 Å². The monoisotopic (exact) mass is 429 g/mol. The molecule has 1 unspecified atom stereocenters. The van der Waals surface area contributed by atoms with Crippen LogP contribution in [0.3, 0.4) is 0 Å². The van der Waals surface area contributed by atoms with Crippen LogP contribution in [0.1, 0.15) is 22.3 Å². The standard InChI is InChI=1S/C18H17F2NO7S/c19-14-9-12(8-13(16(14)20)17(22)23)29(26,27)21-15(18(24)25)6-7-28-10-11-4-2-1-3-5-11/h1-5,8-9,15,21H,6-7,10H2,(H,22,23)(H,24,25). The SMILES string of the molecule is O=C(O)c1cc(S(=O)(=O)NC(CCOCc2ccccc2)C(=O)O)cc(F)c1F. The predicted molar refractivity (Wildman–Crippen MR) is 95.8 cm³/mol. The first kappa shape index (κ1) is 22.4. The molecule has 0 saturated carbocycles. The van der Waals surface area contributed by atoms with Crippen LogP contribution in [0.4, 0.5) is 8.78 Å². The molecule has 2 rings (SSSR count). The Morgan fingerprint density at radius 1 is 1.10 bits per heavy atom. The first-order valence-electron chi connectivity index (χ1n) is 8.21. The lowest BCUT2D eigenvalue weighted by molar-refractivity contribution is -0.139. The predicted octanol–water partition coefficient (Wildman–Crippen LogP) is 2.00. The molecular weight excluding hydrogens is 412 g/mol. The van der Waals surface area contributed by atoms with Crippen molar-refractivity contribution in [3.63, 3.8) is 0 Å². The zero-order valence-electron chi connectivity index (χ0n) is 14.8. The van der Waals surface area contributed by atoms with E-state index >= 15 is 0 Å². The first-order chi connectivity index (χ1) is 13.6. The number of aromatic carboxylic acids is 1. The molecule has 0 amide bonds. The van der Waals surface area contributed by atoms with Gasteiger partial charge in [0.15, 0.2) is 11.6 Å². The van der Waals surface area contributed by atoms with Gasteiger partial charge in [-0.2, -0.15) is 4.72 Å². The molecule has 0 aliphatic carbocycles. The summed E-state index contributed by atoms with van der Waals surface area (Å²) in [4.78, 5) is 21.4. The van der Waals surface area contributed by atoms with Gasteiger partial charge in [0.1, 0.15) is 6.04 Å². The molecule has 0 spiro atoms. The van der Waals surface area contributed by atoms with E-state index in [9.17, 15) is 31.9 Å². The second kappa shape index (κ2) is 9.54. The maximum absolute atomic E-state index is 13.6. The van der Waals surface area contributed by atoms with Crippen LogP contribution in [0.25, 0.3) is 0 Å². The molecule has 8 nitrogen and oxygen atoms in total. The minimum absolute atomic E-state index is 0.105. The Morgan fingerprint density at radius 2 is 1.76 bits per heavy atom. The highest BCUT2D eigenvalue weighted by molar-refractivity contribution is 7.89. The molecular formula is C18H17F2NO7S. The van der Waals surface area contributed by atoms with Crippen molar-refractivity contribution in [2.75, 3.05) is 6.61 Å². The van der Waals surface area contributed by atoms with Crippen molar-refractivity contribution >= 4 is 22.0 Å². The van der Waals surface area contributed by atoms with Crippen LogP contribution in [0, 0.1) is 11.6 Å². The first-order valence-corrected chi connectivity index (χ1v) is 9.69. The smallest absolute Gasteiger partial charge is 0.338 e. The Hall–Kier alpha value is -2.89. The molecule has 29 heavy (non-hydrogen) atoms. The molecule has 156 valence electrons. The highest BCUT2D eigenvalue weighted by atomic mass is 32.2. The number of sulfonamides is 1. The third-order valence-electron chi connectivity index (χ3n) is 3.80. The summed E-state index contributed by atoms with van der Waals surface area (Å²) in [6, 6.07) is 8.04. The summed E-state index contributed by atoms with van der Waals surface area (Å²) in [5, 5.41) is 18.1. The van der Waals surface area contributed by atoms with Gasteiger partial charge in [-0.1, -0.05) is 30.3 Å². The van der Waals surface area contributed by atoms with E-state index in [1.165, 1.54) is 0 Å². The molecule has 0 aromatic heterocycles. The molecule has 0 heterocycles. The summed E-state index contributed by atoms with van der Waals surface area (Å²) in [6.45, 7) is 0.0810. The van der Waals surface area contributed by atoms with Gasteiger partial charge in [0.05, 0.1) is 17.1 Å². The lowest BCUT2D eigenvalue weighted by atomic mass is 10.2. The van der Waals surface area contributed by atoms with Crippen LogP contribution in [-0.2, 0) is 26.2 Å². The Balaban J connectivity index is 2.09. The Bertz CT molecular complexity index is 997. The van der Waals surface area contributed by atoms with Crippen molar-refractivity contribution in [2.24, 2.45) is 0 Å². The lowest BCUT2D eigenvalue weighted by Gasteiger charge is -2.15. The molecule has 2 aromatic rings. The molecule has 3 N–H and O–H groups in total. The molecule has 2 aromatic carbocycles. The summed E-state index contributed by atoms with van der Waals surface area (Å²) in [6.07, 6.45) is -0.253. The van der Waals surface area contributed by atoms with Crippen LogP contribution in [0.5, 0.6) is 0 Å². The van der Waals surface area contributed by atoms with E-state index in [0.717, 1.165) is 5.56 Å². The van der Waals surface area contributed by atoms with Gasteiger partial charge in [-0.15, -0.1) is 0 Å². The van der Waals surface area contributed by atoms with E-state index in [0.29, 0.717) is 6.07 Å². The number of benzene rings is 2. The third kappa shape index (κ3) is 6.04. The fourth-order valence-corrected chi connectivity index (χ4v) is 3.59. The number of rotatable bonds is 10. The van der Waals surface area contributed by atoms with Gasteiger partial charge in [0.25, 0.3) is 0 Å². The third-order valence-corrected chi connectivity index (χ3v) is 5.25. The van der Waals surface area contributed by atoms with E-state index in [2.05, 4.69) is 0 Å². The van der Waals surface area contributed by atoms with Crippen molar-refractivity contribution in [1.82, 2.24) is 4.72 Å². The largest absolute Gasteiger partial charge is 0.480 e. The second-order valence-electron chi connectivity index (χ2n) is 5.91. The van der Waals surface area contributed by atoms with Gasteiger partial charge >= 0.3 is 11.9 Å². The highest BCUT2D eigenvalue weighted by Crippen LogP contribution is 2.19. The number of halogens is 2. The molecule has 0 aliphatic heterocycles. The zero-order chi connectivity index (χ0) is 21.6. The number of hydrogen-bond donors (Lipinski definition) is 3. The molecule has 0 saturated heterocycles. The molecule has 11 heteroatoms. The number of hydrogen-bond acceptors (Lipinski definition) is 5. The van der Waals surface area contributed by atoms with Crippen LogP contribution in [0.2, 0.25) is 0 Å². The number of aliphatic carboxylic acids is 1. The van der Waals surface area contributed by atoms with Gasteiger partial charge in [0.2, 0.25) is 10.0 Å². The average Bonchev–Trinajstić information content (AvgIpc) is 2.66. The molecule has 0 aliphatic rings. The summed E-state index contributed by atoms with van der Waals surface area (Å²) in [5.74, 6) is -6.80. The quantitative estimate of drug-likeness (QED) is 0.493. The van der Waals surface area contributed by atoms with Crippen molar-refractivity contribution in [3.8, 4) is 0 Å². The normalized spacial score (nSPS) is 12.5. The molecule has 0 bridgehead atoms.